The highest BCUT2D eigenvalue weighted by Gasteiger charge is 2.23. The van der Waals surface area contributed by atoms with Gasteiger partial charge in [0.05, 0.1) is 6.10 Å². The van der Waals surface area contributed by atoms with Crippen molar-refractivity contribution in [3.8, 4) is 0 Å². The number of benzene rings is 1. The summed E-state index contributed by atoms with van der Waals surface area (Å²) in [6, 6.07) is 4.21. The third-order valence-corrected chi connectivity index (χ3v) is 3.17. The first kappa shape index (κ1) is 11.8. The molecule has 0 saturated carbocycles. The van der Waals surface area contributed by atoms with Gasteiger partial charge in [-0.25, -0.2) is 4.39 Å². The van der Waals surface area contributed by atoms with Crippen molar-refractivity contribution in [1.82, 2.24) is 5.32 Å². The molecule has 2 N–H and O–H groups in total. The van der Waals surface area contributed by atoms with E-state index in [-0.39, 0.29) is 6.04 Å². The van der Waals surface area contributed by atoms with Crippen LogP contribution < -0.4 is 5.32 Å². The third-order valence-electron chi connectivity index (χ3n) is 2.96. The van der Waals surface area contributed by atoms with Crippen molar-refractivity contribution in [1.29, 1.82) is 0 Å². The highest BCUT2D eigenvalue weighted by Crippen LogP contribution is 2.25. The molecule has 0 amide bonds. The maximum Gasteiger partial charge on any atom is 0.125 e. The zero-order valence-corrected chi connectivity index (χ0v) is 9.67. The van der Waals surface area contributed by atoms with Gasteiger partial charge in [-0.15, -0.1) is 0 Å². The molecule has 1 fully saturated rings. The fourth-order valence-electron chi connectivity index (χ4n) is 2.13. The molecule has 2 atom stereocenters. The summed E-state index contributed by atoms with van der Waals surface area (Å²) in [4.78, 5) is 0. The number of piperidine rings is 1. The van der Waals surface area contributed by atoms with E-state index < -0.39 is 11.9 Å². The normalized spacial score (nSPS) is 23.1. The average Bonchev–Trinajstić information content (AvgIpc) is 2.28. The van der Waals surface area contributed by atoms with Gasteiger partial charge in [-0.1, -0.05) is 18.0 Å². The number of halogens is 2. The van der Waals surface area contributed by atoms with E-state index in [9.17, 15) is 9.50 Å². The second-order valence-corrected chi connectivity index (χ2v) is 4.64. The summed E-state index contributed by atoms with van der Waals surface area (Å²) < 4.78 is 13.1. The maximum absolute atomic E-state index is 13.1. The van der Waals surface area contributed by atoms with Crippen LogP contribution in [0.15, 0.2) is 18.2 Å². The lowest BCUT2D eigenvalue weighted by atomic mass is 9.95. The molecule has 0 aromatic heterocycles. The number of rotatable bonds is 2. The summed E-state index contributed by atoms with van der Waals surface area (Å²) in [6.07, 6.45) is 2.45. The van der Waals surface area contributed by atoms with Gasteiger partial charge in [-0.05, 0) is 43.1 Å². The van der Waals surface area contributed by atoms with Gasteiger partial charge in [0.1, 0.15) is 5.82 Å². The first-order valence-corrected chi connectivity index (χ1v) is 5.92. The molecule has 1 aliphatic rings. The molecule has 1 aliphatic heterocycles. The minimum atomic E-state index is -0.687. The first-order valence-electron chi connectivity index (χ1n) is 5.54. The molecule has 2 unspecified atom stereocenters. The molecule has 2 nitrogen and oxygen atoms in total. The first-order chi connectivity index (χ1) is 7.66. The molecule has 0 radical (unpaired) electrons. The minimum Gasteiger partial charge on any atom is -0.387 e. The second kappa shape index (κ2) is 5.13. The maximum atomic E-state index is 13.1. The molecule has 2 rings (SSSR count). The molecule has 0 spiro atoms. The van der Waals surface area contributed by atoms with Crippen LogP contribution in [-0.4, -0.2) is 17.7 Å². The van der Waals surface area contributed by atoms with Gasteiger partial charge in [-0.2, -0.15) is 0 Å². The lowest BCUT2D eigenvalue weighted by molar-refractivity contribution is 0.113. The van der Waals surface area contributed by atoms with E-state index in [2.05, 4.69) is 5.32 Å². The van der Waals surface area contributed by atoms with Crippen LogP contribution in [0.4, 0.5) is 4.39 Å². The van der Waals surface area contributed by atoms with E-state index in [1.165, 1.54) is 12.1 Å². The van der Waals surface area contributed by atoms with Crippen molar-refractivity contribution in [2.75, 3.05) is 6.54 Å². The summed E-state index contributed by atoms with van der Waals surface area (Å²) >= 11 is 5.76. The number of nitrogens with one attached hydrogen (secondary N) is 1. The highest BCUT2D eigenvalue weighted by molar-refractivity contribution is 6.30. The zero-order chi connectivity index (χ0) is 11.5. The Morgan fingerprint density at radius 2 is 2.19 bits per heavy atom. The third kappa shape index (κ3) is 2.73. The average molecular weight is 244 g/mol. The largest absolute Gasteiger partial charge is 0.387 e. The molecule has 1 aromatic carbocycles. The van der Waals surface area contributed by atoms with E-state index in [1.54, 1.807) is 6.07 Å². The van der Waals surface area contributed by atoms with Gasteiger partial charge in [0.15, 0.2) is 0 Å². The zero-order valence-electron chi connectivity index (χ0n) is 8.92. The summed E-state index contributed by atoms with van der Waals surface area (Å²) in [7, 11) is 0. The number of aliphatic hydroxyl groups is 1. The lowest BCUT2D eigenvalue weighted by Crippen LogP contribution is -2.38. The predicted octanol–water partition coefficient (Wildman–Crippen LogP) is 2.65. The molecule has 1 saturated heterocycles. The van der Waals surface area contributed by atoms with Crippen molar-refractivity contribution >= 4 is 11.6 Å². The van der Waals surface area contributed by atoms with E-state index in [1.807, 2.05) is 0 Å². The summed E-state index contributed by atoms with van der Waals surface area (Å²) in [5.41, 5.74) is 0.546. The smallest absolute Gasteiger partial charge is 0.125 e. The van der Waals surface area contributed by atoms with Crippen molar-refractivity contribution in [3.63, 3.8) is 0 Å². The molecule has 1 aromatic rings. The monoisotopic (exact) mass is 243 g/mol. The van der Waals surface area contributed by atoms with Crippen molar-refractivity contribution in [2.45, 2.75) is 31.4 Å². The van der Waals surface area contributed by atoms with E-state index >= 15 is 0 Å². The van der Waals surface area contributed by atoms with E-state index in [4.69, 9.17) is 11.6 Å². The quantitative estimate of drug-likeness (QED) is 0.837. The Bertz CT molecular complexity index is 346. The van der Waals surface area contributed by atoms with Crippen LogP contribution in [0.2, 0.25) is 5.02 Å². The van der Waals surface area contributed by atoms with Gasteiger partial charge < -0.3 is 10.4 Å². The van der Waals surface area contributed by atoms with E-state index in [0.29, 0.717) is 10.6 Å². The Hall–Kier alpha value is -0.640. The molecular formula is C12H15ClFNO. The van der Waals surface area contributed by atoms with Gasteiger partial charge in [0, 0.05) is 11.1 Å². The van der Waals surface area contributed by atoms with Gasteiger partial charge in [0.2, 0.25) is 0 Å². The van der Waals surface area contributed by atoms with Crippen molar-refractivity contribution < 1.29 is 9.50 Å². The van der Waals surface area contributed by atoms with Crippen LogP contribution in [-0.2, 0) is 0 Å². The Labute approximate surface area is 99.4 Å². The van der Waals surface area contributed by atoms with Crippen LogP contribution in [0.5, 0.6) is 0 Å². The molecule has 16 heavy (non-hydrogen) atoms. The number of hydrogen-bond donors (Lipinski definition) is 2. The molecule has 1 heterocycles. The summed E-state index contributed by atoms with van der Waals surface area (Å²) in [6.45, 7) is 0.908. The van der Waals surface area contributed by atoms with Gasteiger partial charge in [-0.3, -0.25) is 0 Å². The lowest BCUT2D eigenvalue weighted by Gasteiger charge is -2.28. The van der Waals surface area contributed by atoms with Gasteiger partial charge in [0.25, 0.3) is 0 Å². The Morgan fingerprint density at radius 3 is 2.81 bits per heavy atom. The second-order valence-electron chi connectivity index (χ2n) is 4.20. The van der Waals surface area contributed by atoms with Crippen LogP contribution >= 0.6 is 11.6 Å². The van der Waals surface area contributed by atoms with Crippen molar-refractivity contribution in [3.05, 3.63) is 34.6 Å². The molecule has 88 valence electrons. The fraction of sp³-hybridized carbons (Fsp3) is 0.500. The van der Waals surface area contributed by atoms with E-state index in [0.717, 1.165) is 25.8 Å². The highest BCUT2D eigenvalue weighted by atomic mass is 35.5. The SMILES string of the molecule is OC(c1cc(F)cc(Cl)c1)C1CCCCN1. The number of hydrogen-bond acceptors (Lipinski definition) is 2. The molecular weight excluding hydrogens is 229 g/mol. The standard InChI is InChI=1S/C12H15ClFNO/c13-9-5-8(6-10(14)7-9)12(16)11-3-1-2-4-15-11/h5-7,11-12,15-16H,1-4H2. The molecule has 4 heteroatoms. The fourth-order valence-corrected chi connectivity index (χ4v) is 2.36. The topological polar surface area (TPSA) is 32.3 Å². The number of aliphatic hydroxyl groups excluding tert-OH is 1. The van der Waals surface area contributed by atoms with Crippen LogP contribution in [0.3, 0.4) is 0 Å². The summed E-state index contributed by atoms with van der Waals surface area (Å²) in [5.74, 6) is -0.405. The molecule has 0 aliphatic carbocycles. The Balaban J connectivity index is 2.15. The summed E-state index contributed by atoms with van der Waals surface area (Å²) in [5, 5.41) is 13.7. The minimum absolute atomic E-state index is 0.00613. The van der Waals surface area contributed by atoms with Gasteiger partial charge >= 0.3 is 0 Å². The van der Waals surface area contributed by atoms with Crippen LogP contribution in [0.25, 0.3) is 0 Å². The van der Waals surface area contributed by atoms with Crippen molar-refractivity contribution in [2.24, 2.45) is 0 Å². The predicted molar refractivity (Wildman–Crippen MR) is 62.0 cm³/mol. The Morgan fingerprint density at radius 1 is 1.38 bits per heavy atom. The van der Waals surface area contributed by atoms with Crippen LogP contribution in [0.1, 0.15) is 30.9 Å². The van der Waals surface area contributed by atoms with Crippen LogP contribution in [0, 0.1) is 5.82 Å². The Kier molecular flexibility index (Phi) is 3.79. The molecule has 0 bridgehead atoms.